The highest BCUT2D eigenvalue weighted by molar-refractivity contribution is 5.72. The molecule has 146 valence electrons. The number of hydrogen-bond acceptors (Lipinski definition) is 2. The summed E-state index contributed by atoms with van der Waals surface area (Å²) in [6.45, 7) is 10.1. The Hall–Kier alpha value is -1.15. The lowest BCUT2D eigenvalue weighted by Gasteiger charge is -2.60. The van der Waals surface area contributed by atoms with Crippen LogP contribution in [0, 0.1) is 30.1 Å². The number of nitrogens with zero attached hydrogens (tertiary/aromatic N) is 2. The second-order valence-corrected chi connectivity index (χ2v) is 10.4. The van der Waals surface area contributed by atoms with Crippen LogP contribution >= 0.6 is 0 Å². The highest BCUT2D eigenvalue weighted by Crippen LogP contribution is 2.63. The molecule has 5 atom stereocenters. The summed E-state index contributed by atoms with van der Waals surface area (Å²) in [5.74, 6) is 2.66. The molecule has 27 heavy (non-hydrogen) atoms. The number of aryl methyl sites for hydroxylation is 1. The predicted octanol–water partition coefficient (Wildman–Crippen LogP) is 5.86. The zero-order chi connectivity index (χ0) is 18.6. The molecule has 1 aromatic rings. The Morgan fingerprint density at radius 3 is 2.74 bits per heavy atom. The van der Waals surface area contributed by atoms with Crippen molar-refractivity contribution in [3.8, 4) is 0 Å². The molecule has 5 rings (SSSR count). The van der Waals surface area contributed by atoms with Crippen molar-refractivity contribution >= 4 is 5.57 Å². The summed E-state index contributed by atoms with van der Waals surface area (Å²) in [6, 6.07) is 2.35. The molecule has 4 aliphatic rings. The first-order valence-corrected chi connectivity index (χ1v) is 11.4. The van der Waals surface area contributed by atoms with Crippen LogP contribution in [0.2, 0.25) is 0 Å². The lowest BCUT2D eigenvalue weighted by molar-refractivity contribution is -0.0868. The number of rotatable bonds is 1. The fraction of sp³-hybridized carbons (Fsp3) is 0.720. The Kier molecular flexibility index (Phi) is 4.27. The van der Waals surface area contributed by atoms with Crippen molar-refractivity contribution in [2.45, 2.75) is 77.7 Å². The number of pyridine rings is 1. The maximum absolute atomic E-state index is 4.51. The molecule has 0 radical (unpaired) electrons. The number of fused-ring (bicyclic) bond motifs is 5. The van der Waals surface area contributed by atoms with Gasteiger partial charge in [0.2, 0.25) is 0 Å². The summed E-state index contributed by atoms with van der Waals surface area (Å²) in [6.07, 6.45) is 17.9. The van der Waals surface area contributed by atoms with Gasteiger partial charge >= 0.3 is 0 Å². The van der Waals surface area contributed by atoms with Crippen LogP contribution in [0.3, 0.4) is 0 Å². The maximum atomic E-state index is 4.51. The first kappa shape index (κ1) is 17.9. The van der Waals surface area contributed by atoms with Crippen LogP contribution in [0.15, 0.2) is 24.5 Å². The number of piperidine rings is 1. The van der Waals surface area contributed by atoms with E-state index in [1.165, 1.54) is 75.6 Å². The van der Waals surface area contributed by atoms with Gasteiger partial charge in [-0.2, -0.15) is 0 Å². The Morgan fingerprint density at radius 2 is 1.89 bits per heavy atom. The molecular weight excluding hydrogens is 328 g/mol. The molecule has 2 heteroatoms. The van der Waals surface area contributed by atoms with E-state index in [2.05, 4.69) is 49.0 Å². The van der Waals surface area contributed by atoms with Gasteiger partial charge in [0.15, 0.2) is 0 Å². The van der Waals surface area contributed by atoms with Crippen LogP contribution in [-0.4, -0.2) is 28.5 Å². The van der Waals surface area contributed by atoms with Gasteiger partial charge < -0.3 is 0 Å². The maximum Gasteiger partial charge on any atom is 0.0343 e. The van der Waals surface area contributed by atoms with Crippen molar-refractivity contribution in [1.29, 1.82) is 0 Å². The third kappa shape index (κ3) is 2.66. The van der Waals surface area contributed by atoms with Crippen molar-refractivity contribution in [1.82, 2.24) is 9.88 Å². The lowest BCUT2D eigenvalue weighted by atomic mass is 9.52. The Morgan fingerprint density at radius 1 is 1.00 bits per heavy atom. The van der Waals surface area contributed by atoms with Crippen LogP contribution in [-0.2, 0) is 0 Å². The van der Waals surface area contributed by atoms with Crippen molar-refractivity contribution < 1.29 is 0 Å². The van der Waals surface area contributed by atoms with Gasteiger partial charge in [-0.1, -0.05) is 25.8 Å². The summed E-state index contributed by atoms with van der Waals surface area (Å²) in [5, 5.41) is 0. The Labute approximate surface area is 165 Å². The molecule has 2 aliphatic carbocycles. The van der Waals surface area contributed by atoms with E-state index < -0.39 is 0 Å². The van der Waals surface area contributed by atoms with Crippen molar-refractivity contribution in [2.75, 3.05) is 13.1 Å². The summed E-state index contributed by atoms with van der Waals surface area (Å²) in [4.78, 5) is 7.41. The lowest BCUT2D eigenvalue weighted by Crippen LogP contribution is -2.61. The quantitative estimate of drug-likeness (QED) is 0.620. The molecule has 3 fully saturated rings. The third-order valence-electron chi connectivity index (χ3n) is 9.07. The molecule has 2 aliphatic heterocycles. The van der Waals surface area contributed by atoms with E-state index in [4.69, 9.17) is 0 Å². The molecule has 3 heterocycles. The zero-order valence-corrected chi connectivity index (χ0v) is 17.5. The largest absolute Gasteiger partial charge is 0.298 e. The fourth-order valence-electron chi connectivity index (χ4n) is 7.65. The zero-order valence-electron chi connectivity index (χ0n) is 17.5. The second-order valence-electron chi connectivity index (χ2n) is 10.4. The van der Waals surface area contributed by atoms with E-state index in [-0.39, 0.29) is 0 Å². The van der Waals surface area contributed by atoms with Crippen molar-refractivity contribution in [3.63, 3.8) is 0 Å². The monoisotopic (exact) mass is 364 g/mol. The van der Waals surface area contributed by atoms with Gasteiger partial charge in [0, 0.05) is 17.9 Å². The van der Waals surface area contributed by atoms with E-state index in [0.717, 1.165) is 17.8 Å². The number of hydrogen-bond donors (Lipinski definition) is 0. The van der Waals surface area contributed by atoms with E-state index in [9.17, 15) is 0 Å². The van der Waals surface area contributed by atoms with E-state index in [1.54, 1.807) is 5.57 Å². The molecule has 0 spiro atoms. The highest BCUT2D eigenvalue weighted by atomic mass is 15.2. The molecule has 0 amide bonds. The van der Waals surface area contributed by atoms with Gasteiger partial charge in [0.05, 0.1) is 0 Å². The third-order valence-corrected chi connectivity index (χ3v) is 9.07. The topological polar surface area (TPSA) is 16.1 Å². The SMILES string of the molecule is Cc1cncc(C2=CC[C@H]3[C@@H]4CCN5CCCCC[C@]5(C)C4CC[C@]23C)c1. The van der Waals surface area contributed by atoms with Crippen LogP contribution in [0.25, 0.3) is 5.57 Å². The fourth-order valence-corrected chi connectivity index (χ4v) is 7.65. The standard InChI is InChI=1S/C25H36N2/c1-18-15-19(17-26-16-18)21-7-8-22-20-10-14-27-13-6-4-5-11-25(27,3)23(20)9-12-24(21,22)2/h7,15-17,20,22-23H,4-6,8-14H2,1-3H3/t20-,22-,23?,24+,25+/m0/s1. The van der Waals surface area contributed by atoms with E-state index in [1.807, 2.05) is 6.20 Å². The van der Waals surface area contributed by atoms with Gasteiger partial charge in [-0.25, -0.2) is 0 Å². The highest BCUT2D eigenvalue weighted by Gasteiger charge is 2.57. The van der Waals surface area contributed by atoms with Gasteiger partial charge in [0.25, 0.3) is 0 Å². The summed E-state index contributed by atoms with van der Waals surface area (Å²) in [5.41, 5.74) is 5.11. The van der Waals surface area contributed by atoms with E-state index in [0.29, 0.717) is 11.0 Å². The first-order chi connectivity index (χ1) is 13.0. The summed E-state index contributed by atoms with van der Waals surface area (Å²) >= 11 is 0. The number of aromatic nitrogens is 1. The average molecular weight is 365 g/mol. The molecular formula is C25H36N2. The van der Waals surface area contributed by atoms with E-state index >= 15 is 0 Å². The van der Waals surface area contributed by atoms with Crippen LogP contribution in [0.4, 0.5) is 0 Å². The van der Waals surface area contributed by atoms with Crippen molar-refractivity contribution in [2.24, 2.45) is 23.2 Å². The minimum absolute atomic E-state index is 0.361. The molecule has 1 aromatic heterocycles. The minimum Gasteiger partial charge on any atom is -0.298 e. The molecule has 0 N–H and O–H groups in total. The first-order valence-electron chi connectivity index (χ1n) is 11.4. The van der Waals surface area contributed by atoms with Crippen LogP contribution in [0.1, 0.15) is 76.3 Å². The Bertz CT molecular complexity index is 752. The van der Waals surface area contributed by atoms with Gasteiger partial charge in [-0.05, 0) is 111 Å². The van der Waals surface area contributed by atoms with Crippen molar-refractivity contribution in [3.05, 3.63) is 35.7 Å². The summed E-state index contributed by atoms with van der Waals surface area (Å²) in [7, 11) is 0. The molecule has 2 nitrogen and oxygen atoms in total. The Balaban J connectivity index is 1.45. The molecule has 0 aromatic carbocycles. The van der Waals surface area contributed by atoms with Gasteiger partial charge in [0.1, 0.15) is 0 Å². The van der Waals surface area contributed by atoms with Crippen LogP contribution < -0.4 is 0 Å². The molecule has 0 bridgehead atoms. The number of allylic oxidation sites excluding steroid dienone is 2. The van der Waals surface area contributed by atoms with Gasteiger partial charge in [-0.15, -0.1) is 0 Å². The predicted molar refractivity (Wildman–Crippen MR) is 112 cm³/mol. The molecule has 1 saturated carbocycles. The second kappa shape index (κ2) is 6.44. The average Bonchev–Trinajstić information content (AvgIpc) is 2.88. The molecule has 2 saturated heterocycles. The van der Waals surface area contributed by atoms with Crippen LogP contribution in [0.5, 0.6) is 0 Å². The normalized spacial score (nSPS) is 41.9. The molecule has 1 unspecified atom stereocenters. The van der Waals surface area contributed by atoms with Gasteiger partial charge in [-0.3, -0.25) is 9.88 Å². The summed E-state index contributed by atoms with van der Waals surface area (Å²) < 4.78 is 0. The smallest absolute Gasteiger partial charge is 0.0343 e. The minimum atomic E-state index is 0.361.